The van der Waals surface area contributed by atoms with Crippen LogP contribution in [-0.4, -0.2) is 65.9 Å². The Morgan fingerprint density at radius 2 is 1.41 bits per heavy atom. The van der Waals surface area contributed by atoms with Crippen molar-refractivity contribution < 1.29 is 38.1 Å². The van der Waals surface area contributed by atoms with E-state index in [0.29, 0.717) is 18.4 Å². The van der Waals surface area contributed by atoms with Crippen LogP contribution in [0.15, 0.2) is 23.0 Å². The van der Waals surface area contributed by atoms with Crippen molar-refractivity contribution in [2.45, 2.75) is 82.3 Å². The fourth-order valence-corrected chi connectivity index (χ4v) is 7.25. The molecular weight excluding hydrogens is 416 g/mol. The Morgan fingerprint density at radius 3 is 2.12 bits per heavy atom. The lowest BCUT2D eigenvalue weighted by atomic mass is 9.45. The number of ketones is 4. The van der Waals surface area contributed by atoms with Gasteiger partial charge in [0, 0.05) is 28.6 Å². The normalized spacial score (nSPS) is 49.4. The largest absolute Gasteiger partial charge is 0.497 e. The first-order valence-corrected chi connectivity index (χ1v) is 11.7. The van der Waals surface area contributed by atoms with Gasteiger partial charge in [0.1, 0.15) is 17.6 Å². The van der Waals surface area contributed by atoms with Crippen molar-refractivity contribution in [3.63, 3.8) is 0 Å². The molecule has 0 N–H and O–H groups in total. The number of rotatable bonds is 4. The Morgan fingerprint density at radius 1 is 0.781 bits per heavy atom. The zero-order chi connectivity index (χ0) is 22.1. The van der Waals surface area contributed by atoms with Crippen LogP contribution in [0.2, 0.25) is 0 Å². The summed E-state index contributed by atoms with van der Waals surface area (Å²) in [7, 11) is 0. The second kappa shape index (κ2) is 6.04. The maximum absolute atomic E-state index is 14.0. The summed E-state index contributed by atoms with van der Waals surface area (Å²) in [6, 6.07) is 0. The topological polar surface area (TPSA) is 112 Å². The molecule has 5 aliphatic heterocycles. The number of carbonyl (C=O) groups excluding carboxylic acids is 4. The lowest BCUT2D eigenvalue weighted by molar-refractivity contribution is -0.210. The van der Waals surface area contributed by atoms with Crippen molar-refractivity contribution in [1.82, 2.24) is 0 Å². The molecule has 32 heavy (non-hydrogen) atoms. The van der Waals surface area contributed by atoms with E-state index in [1.165, 1.54) is 6.26 Å². The molecule has 8 heteroatoms. The van der Waals surface area contributed by atoms with Gasteiger partial charge >= 0.3 is 0 Å². The van der Waals surface area contributed by atoms with E-state index in [1.54, 1.807) is 0 Å². The fraction of sp³-hybridized carbons (Fsp3) is 0.667. The molecule has 8 nitrogen and oxygen atoms in total. The average molecular weight is 440 g/mol. The molecule has 3 aliphatic carbocycles. The quantitative estimate of drug-likeness (QED) is 0.596. The summed E-state index contributed by atoms with van der Waals surface area (Å²) < 4.78 is 23.5. The van der Waals surface area contributed by atoms with E-state index in [-0.39, 0.29) is 46.5 Å². The maximum atomic E-state index is 14.0. The van der Waals surface area contributed by atoms with Crippen molar-refractivity contribution >= 4 is 23.1 Å². The van der Waals surface area contributed by atoms with Crippen LogP contribution in [0.3, 0.4) is 0 Å². The van der Waals surface area contributed by atoms with Crippen LogP contribution in [0, 0.1) is 17.3 Å². The zero-order valence-corrected chi connectivity index (χ0v) is 17.9. The van der Waals surface area contributed by atoms with Crippen LogP contribution >= 0.6 is 0 Å². The van der Waals surface area contributed by atoms with Crippen molar-refractivity contribution in [1.29, 1.82) is 0 Å². The molecule has 168 valence electrons. The van der Waals surface area contributed by atoms with Crippen LogP contribution in [0.25, 0.3) is 0 Å². The van der Waals surface area contributed by atoms with Crippen LogP contribution in [0.4, 0.5) is 0 Å². The number of hydrogen-bond donors (Lipinski definition) is 0. The number of fused-ring (bicyclic) bond motifs is 3. The summed E-state index contributed by atoms with van der Waals surface area (Å²) in [5.74, 6) is -1.87. The van der Waals surface area contributed by atoms with E-state index in [2.05, 4.69) is 0 Å². The molecule has 0 aromatic carbocycles. The van der Waals surface area contributed by atoms with Gasteiger partial charge < -0.3 is 18.9 Å². The molecule has 0 amide bonds. The summed E-state index contributed by atoms with van der Waals surface area (Å²) in [4.78, 5) is 53.9. The highest BCUT2D eigenvalue weighted by Crippen LogP contribution is 2.67. The highest BCUT2D eigenvalue weighted by Gasteiger charge is 2.79. The van der Waals surface area contributed by atoms with Crippen LogP contribution in [0.5, 0.6) is 0 Å². The first-order chi connectivity index (χ1) is 15.5. The molecule has 0 aromatic rings. The molecule has 5 heterocycles. The number of carbonyl (C=O) groups is 4. The smallest absolute Gasteiger partial charge is 0.194 e. The molecular formula is C24H24O8. The third kappa shape index (κ3) is 1.97. The molecule has 4 fully saturated rings. The van der Waals surface area contributed by atoms with E-state index in [4.69, 9.17) is 18.9 Å². The zero-order valence-electron chi connectivity index (χ0n) is 17.9. The minimum Gasteiger partial charge on any atom is -0.497 e. The van der Waals surface area contributed by atoms with Gasteiger partial charge in [0.15, 0.2) is 47.5 Å². The van der Waals surface area contributed by atoms with E-state index in [9.17, 15) is 19.2 Å². The average Bonchev–Trinajstić information content (AvgIpc) is 3.69. The molecule has 1 saturated carbocycles. The summed E-state index contributed by atoms with van der Waals surface area (Å²) in [6.45, 7) is 4.07. The highest BCUT2D eigenvalue weighted by molar-refractivity contribution is 6.23. The number of epoxide rings is 2. The predicted molar refractivity (Wildman–Crippen MR) is 105 cm³/mol. The van der Waals surface area contributed by atoms with Crippen molar-refractivity contribution in [3.8, 4) is 0 Å². The minimum atomic E-state index is -1.35. The van der Waals surface area contributed by atoms with Gasteiger partial charge in [-0.05, 0) is 12.8 Å². The molecule has 2 bridgehead atoms. The van der Waals surface area contributed by atoms with Crippen molar-refractivity contribution in [2.75, 3.05) is 0 Å². The molecule has 0 unspecified atom stereocenters. The summed E-state index contributed by atoms with van der Waals surface area (Å²) in [5.41, 5.74) is -0.387. The van der Waals surface area contributed by atoms with E-state index in [1.807, 2.05) is 13.8 Å². The van der Waals surface area contributed by atoms with E-state index in [0.717, 1.165) is 12.8 Å². The van der Waals surface area contributed by atoms with Crippen LogP contribution in [-0.2, 0) is 38.1 Å². The van der Waals surface area contributed by atoms with Gasteiger partial charge in [0.2, 0.25) is 0 Å². The molecule has 10 atom stereocenters. The van der Waals surface area contributed by atoms with Gasteiger partial charge in [-0.1, -0.05) is 26.7 Å². The molecule has 0 radical (unpaired) electrons. The van der Waals surface area contributed by atoms with E-state index >= 15 is 0 Å². The van der Waals surface area contributed by atoms with Crippen molar-refractivity contribution in [3.05, 3.63) is 23.0 Å². The van der Waals surface area contributed by atoms with Gasteiger partial charge in [-0.3, -0.25) is 19.2 Å². The third-order valence-corrected chi connectivity index (χ3v) is 8.50. The number of ether oxygens (including phenoxy) is 4. The monoisotopic (exact) mass is 440 g/mol. The van der Waals surface area contributed by atoms with Gasteiger partial charge in [-0.2, -0.15) is 0 Å². The first kappa shape index (κ1) is 19.3. The minimum absolute atomic E-state index is 0.166. The lowest BCUT2D eigenvalue weighted by Gasteiger charge is -2.62. The van der Waals surface area contributed by atoms with Gasteiger partial charge in [-0.15, -0.1) is 0 Å². The molecule has 0 aromatic heterocycles. The van der Waals surface area contributed by atoms with Crippen molar-refractivity contribution in [2.24, 2.45) is 17.3 Å². The molecule has 8 aliphatic rings. The maximum Gasteiger partial charge on any atom is 0.194 e. The van der Waals surface area contributed by atoms with Gasteiger partial charge in [0.05, 0.1) is 12.4 Å². The second-order valence-corrected chi connectivity index (χ2v) is 10.00. The summed E-state index contributed by atoms with van der Waals surface area (Å²) in [6.07, 6.45) is -0.351. The Bertz CT molecular complexity index is 1070. The molecule has 1 spiro atoms. The molecule has 8 rings (SSSR count). The number of hydrogen-bond acceptors (Lipinski definition) is 8. The van der Waals surface area contributed by atoms with Crippen LogP contribution < -0.4 is 0 Å². The Labute approximate surface area is 184 Å². The second-order valence-electron chi connectivity index (χ2n) is 10.00. The van der Waals surface area contributed by atoms with E-state index < -0.39 is 47.8 Å². The molecule has 3 saturated heterocycles. The summed E-state index contributed by atoms with van der Waals surface area (Å²) >= 11 is 0. The highest BCUT2D eigenvalue weighted by atomic mass is 16.6. The fourth-order valence-electron chi connectivity index (χ4n) is 7.25. The Hall–Kier alpha value is -2.16. The predicted octanol–water partition coefficient (Wildman–Crippen LogP) is 1.00. The summed E-state index contributed by atoms with van der Waals surface area (Å²) in [5, 5.41) is 0. The number of Topliss-reactive ketones (excluding diaryl/α,β-unsaturated/α-hetero) is 4. The first-order valence-electron chi connectivity index (χ1n) is 11.7. The van der Waals surface area contributed by atoms with Gasteiger partial charge in [0.25, 0.3) is 0 Å². The SMILES string of the molecule is CCC[C@@H]1O[C@@H]2C3=C(C(=O)[C@@H]4O[C@@H]4C3=O)[C@H]1[C@H]1[C@H](CCC)OC=C3C(=O)[C@H]4O[C@H]4C(=O)[C@@]312. The Balaban J connectivity index is 1.51. The van der Waals surface area contributed by atoms with Crippen LogP contribution in [0.1, 0.15) is 39.5 Å². The lowest BCUT2D eigenvalue weighted by Crippen LogP contribution is -2.72. The standard InChI is InChI=1S/C24H24O8/c1-3-5-9-11-12-13(17(27)20-19(31-20)16(12)26)23(30-9)24-8(7-29-10(6-4-2)14(11)24)15(25)18-21(32-18)22(24)28/h7,9-11,14,18-21,23H,3-6H2,1-2H3/t9-,10-,11-,14+,18+,19-,20+,21+,23+,24+/m0/s1. The van der Waals surface area contributed by atoms with Gasteiger partial charge in [-0.25, -0.2) is 0 Å². The third-order valence-electron chi connectivity index (χ3n) is 8.50. The Kier molecular flexibility index (Phi) is 3.65.